The average molecular weight is 340 g/mol. The summed E-state index contributed by atoms with van der Waals surface area (Å²) in [6, 6.07) is 4.82. The van der Waals surface area contributed by atoms with Gasteiger partial charge in [-0.25, -0.2) is 4.39 Å². The topological polar surface area (TPSA) is 49.9 Å². The highest BCUT2D eigenvalue weighted by Crippen LogP contribution is 2.21. The van der Waals surface area contributed by atoms with Gasteiger partial charge in [-0.2, -0.15) is 0 Å². The molecule has 1 fully saturated rings. The average Bonchev–Trinajstić information content (AvgIpc) is 2.55. The summed E-state index contributed by atoms with van der Waals surface area (Å²) >= 11 is 1.46. The fraction of sp³-hybridized carbons (Fsp3) is 0.500. The van der Waals surface area contributed by atoms with Gasteiger partial charge >= 0.3 is 0 Å². The third kappa shape index (κ3) is 4.86. The van der Waals surface area contributed by atoms with Crippen molar-refractivity contribution < 1.29 is 18.7 Å². The van der Waals surface area contributed by atoms with Gasteiger partial charge in [-0.1, -0.05) is 6.07 Å². The van der Waals surface area contributed by atoms with Crippen LogP contribution in [0.4, 0.5) is 4.39 Å². The lowest BCUT2D eigenvalue weighted by Crippen LogP contribution is -2.50. The molecule has 1 heterocycles. The smallest absolute Gasteiger partial charge is 0.232 e. The van der Waals surface area contributed by atoms with E-state index in [4.69, 9.17) is 4.74 Å². The summed E-state index contributed by atoms with van der Waals surface area (Å²) < 4.78 is 18.5. The Morgan fingerprint density at radius 1 is 1.22 bits per heavy atom. The summed E-state index contributed by atoms with van der Waals surface area (Å²) in [5, 5.41) is 0. The van der Waals surface area contributed by atoms with E-state index in [-0.39, 0.29) is 17.6 Å². The summed E-state index contributed by atoms with van der Waals surface area (Å²) in [7, 11) is 1.43. The molecule has 0 N–H and O–H groups in total. The van der Waals surface area contributed by atoms with Crippen molar-refractivity contribution in [3.8, 4) is 5.75 Å². The zero-order chi connectivity index (χ0) is 16.8. The first-order valence-corrected chi connectivity index (χ1v) is 8.60. The molecule has 7 heteroatoms. The number of carbonyl (C=O) groups is 2. The molecule has 0 spiro atoms. The van der Waals surface area contributed by atoms with Crippen LogP contribution in [0.5, 0.6) is 5.75 Å². The Morgan fingerprint density at radius 3 is 2.43 bits per heavy atom. The van der Waals surface area contributed by atoms with E-state index in [2.05, 4.69) is 0 Å². The maximum absolute atomic E-state index is 13.6. The number of benzene rings is 1. The van der Waals surface area contributed by atoms with Crippen LogP contribution in [-0.4, -0.2) is 60.7 Å². The first kappa shape index (κ1) is 17.6. The molecule has 0 aliphatic carbocycles. The highest BCUT2D eigenvalue weighted by atomic mass is 32.2. The van der Waals surface area contributed by atoms with E-state index >= 15 is 0 Å². The number of carbonyl (C=O) groups excluding carboxylic acids is 2. The van der Waals surface area contributed by atoms with Crippen molar-refractivity contribution in [3.63, 3.8) is 0 Å². The van der Waals surface area contributed by atoms with Crippen molar-refractivity contribution in [2.75, 3.05) is 39.0 Å². The van der Waals surface area contributed by atoms with Gasteiger partial charge in [0, 0.05) is 38.9 Å². The molecule has 0 unspecified atom stereocenters. The second-order valence-corrected chi connectivity index (χ2v) is 6.33. The molecule has 126 valence electrons. The molecular weight excluding hydrogens is 319 g/mol. The normalized spacial score (nSPS) is 14.7. The van der Waals surface area contributed by atoms with Gasteiger partial charge in [0.2, 0.25) is 11.8 Å². The monoisotopic (exact) mass is 340 g/mol. The van der Waals surface area contributed by atoms with Crippen LogP contribution in [0.3, 0.4) is 0 Å². The first-order chi connectivity index (χ1) is 11.0. The van der Waals surface area contributed by atoms with Crippen LogP contribution >= 0.6 is 11.8 Å². The zero-order valence-corrected chi connectivity index (χ0v) is 14.2. The van der Waals surface area contributed by atoms with Crippen molar-refractivity contribution in [2.45, 2.75) is 12.7 Å². The molecule has 2 rings (SSSR count). The predicted molar refractivity (Wildman–Crippen MR) is 87.9 cm³/mol. The first-order valence-electron chi connectivity index (χ1n) is 7.44. The number of thioether (sulfide) groups is 1. The minimum absolute atomic E-state index is 0.0491. The van der Waals surface area contributed by atoms with Gasteiger partial charge in [-0.05, 0) is 17.7 Å². The van der Waals surface area contributed by atoms with Crippen LogP contribution < -0.4 is 4.74 Å². The van der Waals surface area contributed by atoms with Gasteiger partial charge < -0.3 is 14.5 Å². The van der Waals surface area contributed by atoms with Gasteiger partial charge in [0.25, 0.3) is 0 Å². The number of halogens is 1. The van der Waals surface area contributed by atoms with Crippen LogP contribution in [0, 0.1) is 5.82 Å². The molecule has 2 amide bonds. The zero-order valence-electron chi connectivity index (χ0n) is 13.4. The second kappa shape index (κ2) is 8.19. The van der Waals surface area contributed by atoms with Crippen molar-refractivity contribution >= 4 is 23.6 Å². The third-order valence-corrected chi connectivity index (χ3v) is 4.78. The molecule has 1 saturated heterocycles. The molecule has 0 bridgehead atoms. The number of hydrogen-bond donors (Lipinski definition) is 0. The van der Waals surface area contributed by atoms with E-state index < -0.39 is 5.82 Å². The van der Waals surface area contributed by atoms with Gasteiger partial charge in [0.05, 0.1) is 12.9 Å². The number of rotatable bonds is 5. The van der Waals surface area contributed by atoms with Crippen molar-refractivity contribution in [1.29, 1.82) is 0 Å². The van der Waals surface area contributed by atoms with E-state index in [0.29, 0.717) is 37.7 Å². The Morgan fingerprint density at radius 2 is 1.87 bits per heavy atom. The predicted octanol–water partition coefficient (Wildman–Crippen LogP) is 1.76. The molecule has 0 radical (unpaired) electrons. The van der Waals surface area contributed by atoms with Crippen LogP contribution in [0.2, 0.25) is 0 Å². The number of amides is 2. The molecule has 1 aliphatic rings. The standard InChI is InChI=1S/C16H21FN2O3S/c1-12(20)18-5-7-19(8-6-18)16(21)11-23-10-13-3-4-15(22-2)14(17)9-13/h3-4,9H,5-8,10-11H2,1-2H3. The highest BCUT2D eigenvalue weighted by Gasteiger charge is 2.21. The Balaban J connectivity index is 1.75. The second-order valence-electron chi connectivity index (χ2n) is 5.35. The summed E-state index contributed by atoms with van der Waals surface area (Å²) in [6.45, 7) is 3.89. The fourth-order valence-electron chi connectivity index (χ4n) is 2.42. The van der Waals surface area contributed by atoms with E-state index in [9.17, 15) is 14.0 Å². The molecule has 0 atom stereocenters. The molecule has 1 aromatic carbocycles. The molecule has 1 aliphatic heterocycles. The lowest BCUT2D eigenvalue weighted by atomic mass is 10.2. The molecule has 0 aromatic heterocycles. The number of piperazine rings is 1. The van der Waals surface area contributed by atoms with Crippen LogP contribution in [-0.2, 0) is 15.3 Å². The van der Waals surface area contributed by atoms with Crippen molar-refractivity contribution in [3.05, 3.63) is 29.6 Å². The minimum Gasteiger partial charge on any atom is -0.494 e. The summed E-state index contributed by atoms with van der Waals surface area (Å²) in [4.78, 5) is 26.9. The Kier molecular flexibility index (Phi) is 6.27. The third-order valence-electron chi connectivity index (χ3n) is 3.79. The minimum atomic E-state index is -0.391. The molecule has 1 aromatic rings. The molecular formula is C16H21FN2O3S. The Hall–Kier alpha value is -1.76. The van der Waals surface area contributed by atoms with Crippen LogP contribution in [0.25, 0.3) is 0 Å². The van der Waals surface area contributed by atoms with Crippen molar-refractivity contribution in [1.82, 2.24) is 9.80 Å². The molecule has 0 saturated carbocycles. The van der Waals surface area contributed by atoms with Crippen LogP contribution in [0.1, 0.15) is 12.5 Å². The van der Waals surface area contributed by atoms with Gasteiger partial charge in [0.1, 0.15) is 0 Å². The summed E-state index contributed by atoms with van der Waals surface area (Å²) in [6.07, 6.45) is 0. The highest BCUT2D eigenvalue weighted by molar-refractivity contribution is 7.99. The number of hydrogen-bond acceptors (Lipinski definition) is 4. The lowest BCUT2D eigenvalue weighted by molar-refractivity contribution is -0.136. The Labute approximate surface area is 139 Å². The quantitative estimate of drug-likeness (QED) is 0.820. The fourth-order valence-corrected chi connectivity index (χ4v) is 3.29. The number of ether oxygens (including phenoxy) is 1. The SMILES string of the molecule is COc1ccc(CSCC(=O)N2CCN(C(C)=O)CC2)cc1F. The van der Waals surface area contributed by atoms with Crippen molar-refractivity contribution in [2.24, 2.45) is 0 Å². The molecule has 5 nitrogen and oxygen atoms in total. The maximum atomic E-state index is 13.6. The van der Waals surface area contributed by atoms with Crippen LogP contribution in [0.15, 0.2) is 18.2 Å². The largest absolute Gasteiger partial charge is 0.494 e. The number of nitrogens with zero attached hydrogens (tertiary/aromatic N) is 2. The molecule has 23 heavy (non-hydrogen) atoms. The van der Waals surface area contributed by atoms with E-state index in [1.165, 1.54) is 24.9 Å². The van der Waals surface area contributed by atoms with E-state index in [0.717, 1.165) is 5.56 Å². The summed E-state index contributed by atoms with van der Waals surface area (Å²) in [5.74, 6) is 0.865. The van der Waals surface area contributed by atoms with Gasteiger partial charge in [-0.15, -0.1) is 11.8 Å². The van der Waals surface area contributed by atoms with E-state index in [1.54, 1.807) is 28.9 Å². The van der Waals surface area contributed by atoms with Gasteiger partial charge in [0.15, 0.2) is 11.6 Å². The van der Waals surface area contributed by atoms with E-state index in [1.807, 2.05) is 0 Å². The van der Waals surface area contributed by atoms with Gasteiger partial charge in [-0.3, -0.25) is 9.59 Å². The lowest BCUT2D eigenvalue weighted by Gasteiger charge is -2.34. The summed E-state index contributed by atoms with van der Waals surface area (Å²) in [5.41, 5.74) is 0.822. The Bertz CT molecular complexity index is 574. The number of methoxy groups -OCH3 is 1. The maximum Gasteiger partial charge on any atom is 0.232 e.